The third-order valence-corrected chi connectivity index (χ3v) is 9.04. The third kappa shape index (κ3) is 4.11. The molecule has 8 aromatic rings. The molecule has 0 bridgehead atoms. The van der Waals surface area contributed by atoms with Gasteiger partial charge in [-0.15, -0.1) is 0 Å². The van der Waals surface area contributed by atoms with E-state index < -0.39 is 18.1 Å². The maximum absolute atomic E-state index is 8.72. The lowest BCUT2D eigenvalue weighted by Gasteiger charge is -2.21. The minimum Gasteiger partial charge on any atom is -0.456 e. The first-order valence-corrected chi connectivity index (χ1v) is 15.2. The van der Waals surface area contributed by atoms with E-state index in [0.29, 0.717) is 17.0 Å². The standard InChI is InChI=1S/C42H29N3O/c1-42(2)34-18-10-9-16-31(34)33-24-28(21-23-35(33)42)40-43-39(27-14-7-4-8-15-27)44-41(45-40)29-20-22-32-37(25-29)46-36-19-11-17-30(38(32)36)26-12-5-3-6-13-26/h3-25H,1-2H3/i4D,7D,8D,14D,15D. The molecule has 4 heteroatoms. The van der Waals surface area contributed by atoms with Gasteiger partial charge >= 0.3 is 0 Å². The molecule has 1 aliphatic carbocycles. The van der Waals surface area contributed by atoms with Crippen molar-refractivity contribution in [2.24, 2.45) is 0 Å². The molecule has 0 N–H and O–H groups in total. The minimum absolute atomic E-state index is 0.00991. The quantitative estimate of drug-likeness (QED) is 0.203. The predicted octanol–water partition coefficient (Wildman–Crippen LogP) is 10.7. The number of fused-ring (bicyclic) bond motifs is 6. The summed E-state index contributed by atoms with van der Waals surface area (Å²) >= 11 is 0. The highest BCUT2D eigenvalue weighted by Gasteiger charge is 2.35. The molecular weight excluding hydrogens is 562 g/mol. The van der Waals surface area contributed by atoms with Crippen LogP contribution in [0.25, 0.3) is 78.4 Å². The SMILES string of the molecule is [2H]c1c([2H])c([2H])c(-c2nc(-c3ccc4c(c3)-c3ccccc3C4(C)C)nc(-c3ccc4c(c3)oc3cccc(-c5ccccc5)c34)n2)c([2H])c1[2H]. The summed E-state index contributed by atoms with van der Waals surface area (Å²) in [5.41, 5.74) is 9.28. The third-order valence-electron chi connectivity index (χ3n) is 9.04. The van der Waals surface area contributed by atoms with Crippen LogP contribution < -0.4 is 0 Å². The van der Waals surface area contributed by atoms with Crippen molar-refractivity contribution in [1.82, 2.24) is 15.0 Å². The molecule has 1 aliphatic rings. The Morgan fingerprint density at radius 1 is 0.522 bits per heavy atom. The van der Waals surface area contributed by atoms with Crippen LogP contribution >= 0.6 is 0 Å². The van der Waals surface area contributed by atoms with Crippen molar-refractivity contribution >= 4 is 21.9 Å². The highest BCUT2D eigenvalue weighted by atomic mass is 16.3. The van der Waals surface area contributed by atoms with E-state index in [2.05, 4.69) is 62.4 Å². The monoisotopic (exact) mass is 596 g/mol. The predicted molar refractivity (Wildman–Crippen MR) is 186 cm³/mol. The van der Waals surface area contributed by atoms with Gasteiger partial charge in [0.15, 0.2) is 17.5 Å². The highest BCUT2D eigenvalue weighted by Crippen LogP contribution is 2.49. The Labute approximate surface area is 274 Å². The van der Waals surface area contributed by atoms with E-state index in [0.717, 1.165) is 44.2 Å². The molecule has 4 nitrogen and oxygen atoms in total. The number of hydrogen-bond acceptors (Lipinski definition) is 4. The fourth-order valence-corrected chi connectivity index (χ4v) is 6.79. The summed E-state index contributed by atoms with van der Waals surface area (Å²) in [5.74, 6) is 0.598. The van der Waals surface area contributed by atoms with Crippen molar-refractivity contribution in [1.29, 1.82) is 0 Å². The molecule has 0 saturated heterocycles. The Morgan fingerprint density at radius 3 is 1.98 bits per heavy atom. The van der Waals surface area contributed by atoms with Crippen molar-refractivity contribution in [2.45, 2.75) is 19.3 Å². The van der Waals surface area contributed by atoms with E-state index in [4.69, 9.17) is 26.2 Å². The van der Waals surface area contributed by atoms with E-state index in [1.165, 1.54) is 11.1 Å². The lowest BCUT2D eigenvalue weighted by atomic mass is 9.82. The zero-order valence-electron chi connectivity index (χ0n) is 30.1. The van der Waals surface area contributed by atoms with Crippen LogP contribution in [0.3, 0.4) is 0 Å². The molecule has 0 atom stereocenters. The number of aromatic nitrogens is 3. The molecule has 0 unspecified atom stereocenters. The average Bonchev–Trinajstić information content (AvgIpc) is 3.65. The van der Waals surface area contributed by atoms with E-state index >= 15 is 0 Å². The molecule has 2 aromatic heterocycles. The van der Waals surface area contributed by atoms with Gasteiger partial charge in [0.1, 0.15) is 11.2 Å². The second kappa shape index (κ2) is 10.1. The van der Waals surface area contributed by atoms with E-state index in [-0.39, 0.29) is 34.7 Å². The summed E-state index contributed by atoms with van der Waals surface area (Å²) in [4.78, 5) is 14.5. The first kappa shape index (κ1) is 21.8. The molecule has 0 radical (unpaired) electrons. The molecule has 2 heterocycles. The van der Waals surface area contributed by atoms with E-state index in [9.17, 15) is 0 Å². The second-order valence-electron chi connectivity index (χ2n) is 12.1. The Morgan fingerprint density at radius 2 is 1.17 bits per heavy atom. The van der Waals surface area contributed by atoms with Crippen LogP contribution in [0.4, 0.5) is 0 Å². The van der Waals surface area contributed by atoms with Crippen LogP contribution in [0.1, 0.15) is 31.8 Å². The van der Waals surface area contributed by atoms with Crippen LogP contribution in [-0.4, -0.2) is 15.0 Å². The van der Waals surface area contributed by atoms with Gasteiger partial charge in [-0.2, -0.15) is 0 Å². The van der Waals surface area contributed by atoms with Gasteiger partial charge in [0.05, 0.1) is 6.85 Å². The smallest absolute Gasteiger partial charge is 0.164 e. The number of rotatable bonds is 4. The number of nitrogens with zero attached hydrogens (tertiary/aromatic N) is 3. The van der Waals surface area contributed by atoms with Crippen molar-refractivity contribution in [3.8, 4) is 56.4 Å². The van der Waals surface area contributed by atoms with Crippen LogP contribution in [0.15, 0.2) is 144 Å². The average molecular weight is 597 g/mol. The van der Waals surface area contributed by atoms with E-state index in [1.807, 2.05) is 60.7 Å². The van der Waals surface area contributed by atoms with Gasteiger partial charge in [0, 0.05) is 32.9 Å². The molecule has 218 valence electrons. The fourth-order valence-electron chi connectivity index (χ4n) is 6.79. The van der Waals surface area contributed by atoms with Crippen molar-refractivity contribution in [3.05, 3.63) is 151 Å². The summed E-state index contributed by atoms with van der Waals surface area (Å²) in [6.45, 7) is 4.43. The maximum Gasteiger partial charge on any atom is 0.164 e. The summed E-state index contributed by atoms with van der Waals surface area (Å²) < 4.78 is 48.7. The summed E-state index contributed by atoms with van der Waals surface area (Å²) in [6, 6.07) is 34.4. The fraction of sp³-hybridized carbons (Fsp3) is 0.0714. The molecular formula is C42H29N3O. The first-order valence-electron chi connectivity index (χ1n) is 17.7. The number of hydrogen-bond donors (Lipinski definition) is 0. The van der Waals surface area contributed by atoms with Crippen LogP contribution in [0.5, 0.6) is 0 Å². The normalized spacial score (nSPS) is 14.7. The minimum atomic E-state index is -0.478. The van der Waals surface area contributed by atoms with Crippen molar-refractivity contribution < 1.29 is 11.3 Å². The van der Waals surface area contributed by atoms with Gasteiger partial charge in [0.2, 0.25) is 0 Å². The second-order valence-corrected chi connectivity index (χ2v) is 12.1. The zero-order chi connectivity index (χ0) is 35.2. The Balaban J connectivity index is 1.26. The van der Waals surface area contributed by atoms with Gasteiger partial charge in [-0.1, -0.05) is 129 Å². The molecule has 0 fully saturated rings. The van der Waals surface area contributed by atoms with E-state index in [1.54, 1.807) is 0 Å². The van der Waals surface area contributed by atoms with Crippen LogP contribution in [-0.2, 0) is 5.41 Å². The summed E-state index contributed by atoms with van der Waals surface area (Å²) in [5, 5.41) is 1.94. The van der Waals surface area contributed by atoms with Gasteiger partial charge in [-0.25, -0.2) is 15.0 Å². The van der Waals surface area contributed by atoms with Gasteiger partial charge in [-0.05, 0) is 57.6 Å². The summed E-state index contributed by atoms with van der Waals surface area (Å²) in [6.07, 6.45) is 0. The summed E-state index contributed by atoms with van der Waals surface area (Å²) in [7, 11) is 0. The Kier molecular flexibility index (Phi) is 4.77. The molecule has 0 spiro atoms. The van der Waals surface area contributed by atoms with Gasteiger partial charge in [-0.3, -0.25) is 0 Å². The zero-order valence-corrected chi connectivity index (χ0v) is 25.1. The lowest BCUT2D eigenvalue weighted by molar-refractivity contribution is 0.660. The Hall–Kier alpha value is -5.87. The highest BCUT2D eigenvalue weighted by molar-refractivity contribution is 6.13. The topological polar surface area (TPSA) is 51.8 Å². The lowest BCUT2D eigenvalue weighted by Crippen LogP contribution is -2.14. The largest absolute Gasteiger partial charge is 0.456 e. The Bertz CT molecular complexity index is 2710. The molecule has 0 aliphatic heterocycles. The first-order chi connectivity index (χ1) is 24.6. The molecule has 9 rings (SSSR count). The number of furan rings is 1. The van der Waals surface area contributed by atoms with Crippen LogP contribution in [0.2, 0.25) is 0 Å². The molecule has 6 aromatic carbocycles. The van der Waals surface area contributed by atoms with Crippen LogP contribution in [0, 0.1) is 0 Å². The number of benzene rings is 6. The maximum atomic E-state index is 8.72. The van der Waals surface area contributed by atoms with Crippen molar-refractivity contribution in [3.63, 3.8) is 0 Å². The molecule has 0 saturated carbocycles. The van der Waals surface area contributed by atoms with Crippen molar-refractivity contribution in [2.75, 3.05) is 0 Å². The van der Waals surface area contributed by atoms with Gasteiger partial charge < -0.3 is 4.42 Å². The van der Waals surface area contributed by atoms with Gasteiger partial charge in [0.25, 0.3) is 0 Å². The molecule has 46 heavy (non-hydrogen) atoms. The molecule has 0 amide bonds.